The van der Waals surface area contributed by atoms with E-state index in [0.29, 0.717) is 0 Å². The molecule has 84 valence electrons. The molecular formula is C13H15ClN2. The maximum absolute atomic E-state index is 8.67. The third kappa shape index (κ3) is 3.37. The molecule has 0 unspecified atom stereocenters. The molecule has 1 aromatic rings. The van der Waals surface area contributed by atoms with Crippen molar-refractivity contribution in [2.45, 2.75) is 12.8 Å². The number of benzene rings is 1. The van der Waals surface area contributed by atoms with E-state index in [1.165, 1.54) is 24.0 Å². The second-order valence-corrected chi connectivity index (χ2v) is 3.82. The van der Waals surface area contributed by atoms with E-state index in [4.69, 9.17) is 5.26 Å². The van der Waals surface area contributed by atoms with Gasteiger partial charge in [0.1, 0.15) is 0 Å². The second kappa shape index (κ2) is 6.32. The molecule has 0 amide bonds. The summed E-state index contributed by atoms with van der Waals surface area (Å²) in [7, 11) is 0. The van der Waals surface area contributed by atoms with Crippen LogP contribution in [0, 0.1) is 11.3 Å². The number of hydrogen-bond donors (Lipinski definition) is 1. The predicted octanol–water partition coefficient (Wildman–Crippen LogP) is 2.75. The summed E-state index contributed by atoms with van der Waals surface area (Å²) in [4.78, 5) is 0. The van der Waals surface area contributed by atoms with Crippen LogP contribution in [0.2, 0.25) is 0 Å². The molecule has 0 saturated carbocycles. The first-order valence-corrected chi connectivity index (χ1v) is 5.29. The first kappa shape index (κ1) is 12.8. The third-order valence-corrected chi connectivity index (χ3v) is 2.61. The molecule has 0 aromatic heterocycles. The molecule has 3 heteroatoms. The van der Waals surface area contributed by atoms with Crippen molar-refractivity contribution in [1.82, 2.24) is 5.32 Å². The average molecular weight is 235 g/mol. The van der Waals surface area contributed by atoms with Gasteiger partial charge in [-0.3, -0.25) is 0 Å². The first-order valence-electron chi connectivity index (χ1n) is 5.29. The van der Waals surface area contributed by atoms with Gasteiger partial charge in [0.2, 0.25) is 0 Å². The Labute approximate surface area is 102 Å². The van der Waals surface area contributed by atoms with Crippen LogP contribution in [-0.2, 0) is 0 Å². The molecule has 0 radical (unpaired) electrons. The van der Waals surface area contributed by atoms with Crippen LogP contribution in [0.5, 0.6) is 0 Å². The summed E-state index contributed by atoms with van der Waals surface area (Å²) in [5, 5.41) is 12.0. The molecule has 0 aliphatic carbocycles. The summed E-state index contributed by atoms with van der Waals surface area (Å²) in [5.41, 5.74) is 3.36. The number of piperidine rings is 1. The molecule has 2 rings (SSSR count). The van der Waals surface area contributed by atoms with E-state index in [2.05, 4.69) is 17.5 Å². The van der Waals surface area contributed by atoms with Gasteiger partial charge in [0.25, 0.3) is 0 Å². The van der Waals surface area contributed by atoms with Crippen molar-refractivity contribution in [2.75, 3.05) is 13.1 Å². The van der Waals surface area contributed by atoms with Crippen molar-refractivity contribution in [3.8, 4) is 6.07 Å². The summed E-state index contributed by atoms with van der Waals surface area (Å²) >= 11 is 0. The van der Waals surface area contributed by atoms with Gasteiger partial charge in [-0.2, -0.15) is 5.26 Å². The molecule has 1 N–H and O–H groups in total. The van der Waals surface area contributed by atoms with Gasteiger partial charge in [-0.25, -0.2) is 0 Å². The summed E-state index contributed by atoms with van der Waals surface area (Å²) in [6.45, 7) is 2.13. The van der Waals surface area contributed by atoms with Crippen LogP contribution in [0.3, 0.4) is 0 Å². The highest BCUT2D eigenvalue weighted by Gasteiger charge is 2.03. The molecule has 0 spiro atoms. The van der Waals surface area contributed by atoms with Crippen LogP contribution in [0.4, 0.5) is 0 Å². The van der Waals surface area contributed by atoms with Gasteiger partial charge in [0, 0.05) is 6.54 Å². The predicted molar refractivity (Wildman–Crippen MR) is 68.5 cm³/mol. The van der Waals surface area contributed by atoms with E-state index in [0.717, 1.165) is 18.7 Å². The van der Waals surface area contributed by atoms with Crippen LogP contribution < -0.4 is 5.32 Å². The minimum absolute atomic E-state index is 0. The van der Waals surface area contributed by atoms with Crippen molar-refractivity contribution in [1.29, 1.82) is 5.26 Å². The van der Waals surface area contributed by atoms with Crippen molar-refractivity contribution in [2.24, 2.45) is 0 Å². The van der Waals surface area contributed by atoms with Gasteiger partial charge in [-0.15, -0.1) is 12.4 Å². The number of nitrogens with zero attached hydrogens (tertiary/aromatic N) is 1. The Kier molecular flexibility index (Phi) is 5.04. The summed E-state index contributed by atoms with van der Waals surface area (Å²) in [6.07, 6.45) is 4.63. The molecule has 16 heavy (non-hydrogen) atoms. The van der Waals surface area contributed by atoms with E-state index in [1.807, 2.05) is 24.3 Å². The number of nitriles is 1. The van der Waals surface area contributed by atoms with Gasteiger partial charge >= 0.3 is 0 Å². The molecule has 1 fully saturated rings. The zero-order valence-electron chi connectivity index (χ0n) is 9.07. The first-order chi connectivity index (χ1) is 7.38. The topological polar surface area (TPSA) is 35.8 Å². The van der Waals surface area contributed by atoms with Crippen molar-refractivity contribution in [3.05, 3.63) is 41.0 Å². The zero-order valence-corrected chi connectivity index (χ0v) is 9.89. The second-order valence-electron chi connectivity index (χ2n) is 3.82. The SMILES string of the molecule is Cl.N#Cc1ccc(/C=C2/CCCNC2)cc1. The number of rotatable bonds is 1. The lowest BCUT2D eigenvalue weighted by Crippen LogP contribution is -2.23. The van der Waals surface area contributed by atoms with Gasteiger partial charge in [-0.1, -0.05) is 23.8 Å². The van der Waals surface area contributed by atoms with E-state index in [1.54, 1.807) is 0 Å². The summed E-state index contributed by atoms with van der Waals surface area (Å²) < 4.78 is 0. The van der Waals surface area contributed by atoms with Gasteiger partial charge < -0.3 is 5.32 Å². The Morgan fingerprint density at radius 2 is 2.00 bits per heavy atom. The number of hydrogen-bond acceptors (Lipinski definition) is 2. The fourth-order valence-corrected chi connectivity index (χ4v) is 1.79. The molecule has 2 nitrogen and oxygen atoms in total. The maximum atomic E-state index is 8.67. The Morgan fingerprint density at radius 3 is 2.56 bits per heavy atom. The number of nitrogens with one attached hydrogen (secondary N) is 1. The maximum Gasteiger partial charge on any atom is 0.0991 e. The zero-order chi connectivity index (χ0) is 10.5. The molecule has 1 aromatic carbocycles. The Morgan fingerprint density at radius 1 is 1.25 bits per heavy atom. The minimum Gasteiger partial charge on any atom is -0.313 e. The lowest BCUT2D eigenvalue weighted by molar-refractivity contribution is 0.613. The fourth-order valence-electron chi connectivity index (χ4n) is 1.79. The number of halogens is 1. The van der Waals surface area contributed by atoms with E-state index in [-0.39, 0.29) is 12.4 Å². The summed E-state index contributed by atoms with van der Waals surface area (Å²) in [6, 6.07) is 9.85. The molecule has 1 aliphatic heterocycles. The quantitative estimate of drug-likeness (QED) is 0.811. The Balaban J connectivity index is 0.00000128. The molecule has 0 bridgehead atoms. The van der Waals surface area contributed by atoms with Crippen LogP contribution in [0.1, 0.15) is 24.0 Å². The average Bonchev–Trinajstić information content (AvgIpc) is 2.31. The van der Waals surface area contributed by atoms with Crippen LogP contribution in [0.15, 0.2) is 29.8 Å². The minimum atomic E-state index is 0. The lowest BCUT2D eigenvalue weighted by atomic mass is 10.0. The third-order valence-electron chi connectivity index (χ3n) is 2.61. The smallest absolute Gasteiger partial charge is 0.0991 e. The van der Waals surface area contributed by atoms with Gasteiger partial charge in [0.05, 0.1) is 11.6 Å². The Hall–Kier alpha value is -1.30. The van der Waals surface area contributed by atoms with E-state index >= 15 is 0 Å². The lowest BCUT2D eigenvalue weighted by Gasteiger charge is -2.15. The van der Waals surface area contributed by atoms with Gasteiger partial charge in [-0.05, 0) is 37.1 Å². The van der Waals surface area contributed by atoms with Crippen LogP contribution >= 0.6 is 12.4 Å². The largest absolute Gasteiger partial charge is 0.313 e. The van der Waals surface area contributed by atoms with E-state index in [9.17, 15) is 0 Å². The standard InChI is InChI=1S/C13H14N2.ClH/c14-9-12-5-3-11(4-6-12)8-13-2-1-7-15-10-13;/h3-6,8,15H,1-2,7,10H2;1H/b13-8-;. The molecule has 1 heterocycles. The van der Waals surface area contributed by atoms with Crippen molar-refractivity contribution in [3.63, 3.8) is 0 Å². The molecular weight excluding hydrogens is 220 g/mol. The van der Waals surface area contributed by atoms with Crippen LogP contribution in [0.25, 0.3) is 6.08 Å². The highest BCUT2D eigenvalue weighted by Crippen LogP contribution is 2.14. The van der Waals surface area contributed by atoms with Crippen molar-refractivity contribution < 1.29 is 0 Å². The molecule has 1 aliphatic rings. The highest BCUT2D eigenvalue weighted by atomic mass is 35.5. The summed E-state index contributed by atoms with van der Waals surface area (Å²) in [5.74, 6) is 0. The fraction of sp³-hybridized carbons (Fsp3) is 0.308. The van der Waals surface area contributed by atoms with Crippen LogP contribution in [-0.4, -0.2) is 13.1 Å². The Bertz CT molecular complexity index is 393. The monoisotopic (exact) mass is 234 g/mol. The molecule has 0 atom stereocenters. The normalized spacial score (nSPS) is 17.6. The molecule has 1 saturated heterocycles. The van der Waals surface area contributed by atoms with E-state index < -0.39 is 0 Å². The highest BCUT2D eigenvalue weighted by molar-refractivity contribution is 5.85. The van der Waals surface area contributed by atoms with Gasteiger partial charge in [0.15, 0.2) is 0 Å². The van der Waals surface area contributed by atoms with Crippen molar-refractivity contribution >= 4 is 18.5 Å².